The molecule has 0 spiro atoms. The van der Waals surface area contributed by atoms with Gasteiger partial charge in [0.1, 0.15) is 17.5 Å². The Kier molecular flexibility index (Phi) is 4.22. The number of aryl methyl sites for hydroxylation is 1. The molecule has 0 unspecified atom stereocenters. The van der Waals surface area contributed by atoms with E-state index in [0.29, 0.717) is 17.0 Å². The number of aromatic nitrogens is 2. The minimum Gasteiger partial charge on any atom is -0.445 e. The SMILES string of the molecule is Cc1cccc(-c2coc3nc(C(C)(C)C4CCCCC4)[nH]c(=O)c23)c1. The Bertz CT molecular complexity index is 991. The molecule has 1 aliphatic rings. The van der Waals surface area contributed by atoms with Crippen molar-refractivity contribution in [3.05, 3.63) is 52.3 Å². The summed E-state index contributed by atoms with van der Waals surface area (Å²) in [7, 11) is 0. The van der Waals surface area contributed by atoms with E-state index in [1.807, 2.05) is 25.1 Å². The molecule has 0 atom stereocenters. The Hall–Kier alpha value is -2.36. The van der Waals surface area contributed by atoms with Crippen molar-refractivity contribution in [2.45, 2.75) is 58.3 Å². The van der Waals surface area contributed by atoms with Crippen molar-refractivity contribution in [3.63, 3.8) is 0 Å². The molecule has 4 rings (SSSR count). The molecule has 0 bridgehead atoms. The van der Waals surface area contributed by atoms with E-state index < -0.39 is 0 Å². The van der Waals surface area contributed by atoms with Gasteiger partial charge in [-0.2, -0.15) is 4.98 Å². The summed E-state index contributed by atoms with van der Waals surface area (Å²) in [5, 5.41) is 0.541. The van der Waals surface area contributed by atoms with Gasteiger partial charge in [0.25, 0.3) is 5.56 Å². The van der Waals surface area contributed by atoms with Gasteiger partial charge in [0, 0.05) is 11.0 Å². The highest BCUT2D eigenvalue weighted by Crippen LogP contribution is 2.39. The lowest BCUT2D eigenvalue weighted by molar-refractivity contribution is 0.226. The lowest BCUT2D eigenvalue weighted by Gasteiger charge is -2.35. The fourth-order valence-corrected chi connectivity index (χ4v) is 4.30. The number of furan rings is 1. The van der Waals surface area contributed by atoms with Gasteiger partial charge in [0.15, 0.2) is 0 Å². The monoisotopic (exact) mass is 350 g/mol. The predicted octanol–water partition coefficient (Wildman–Crippen LogP) is 5.35. The molecule has 0 amide bonds. The van der Waals surface area contributed by atoms with Gasteiger partial charge < -0.3 is 9.40 Å². The van der Waals surface area contributed by atoms with Gasteiger partial charge in [-0.15, -0.1) is 0 Å². The van der Waals surface area contributed by atoms with Crippen molar-refractivity contribution >= 4 is 11.1 Å². The zero-order valence-corrected chi connectivity index (χ0v) is 15.8. The number of benzene rings is 1. The maximum absolute atomic E-state index is 12.9. The van der Waals surface area contributed by atoms with Crippen molar-refractivity contribution in [3.8, 4) is 11.1 Å². The van der Waals surface area contributed by atoms with Gasteiger partial charge in [-0.05, 0) is 31.2 Å². The molecule has 0 radical (unpaired) electrons. The standard InChI is InChI=1S/C22H26N2O2/c1-14-8-7-9-15(12-14)17-13-26-20-18(17)19(25)23-21(24-20)22(2,3)16-10-5-4-6-11-16/h7-9,12-13,16H,4-6,10-11H2,1-3H3,(H,23,24,25). The third kappa shape index (κ3) is 2.87. The summed E-state index contributed by atoms with van der Waals surface area (Å²) in [5.41, 5.74) is 3.10. The van der Waals surface area contributed by atoms with Gasteiger partial charge in [0.2, 0.25) is 5.71 Å². The highest BCUT2D eigenvalue weighted by atomic mass is 16.3. The maximum Gasteiger partial charge on any atom is 0.262 e. The van der Waals surface area contributed by atoms with E-state index in [-0.39, 0.29) is 11.0 Å². The quantitative estimate of drug-likeness (QED) is 0.693. The van der Waals surface area contributed by atoms with E-state index in [2.05, 4.69) is 24.9 Å². The zero-order valence-electron chi connectivity index (χ0n) is 15.8. The van der Waals surface area contributed by atoms with Crippen LogP contribution in [0.1, 0.15) is 57.3 Å². The minimum absolute atomic E-state index is 0.112. The summed E-state index contributed by atoms with van der Waals surface area (Å²) in [5.74, 6) is 1.29. The lowest BCUT2D eigenvalue weighted by atomic mass is 9.70. The molecule has 2 heterocycles. The number of hydrogen-bond acceptors (Lipinski definition) is 3. The summed E-state index contributed by atoms with van der Waals surface area (Å²) in [4.78, 5) is 20.7. The number of aromatic amines is 1. The van der Waals surface area contributed by atoms with Crippen LogP contribution >= 0.6 is 0 Å². The fraction of sp³-hybridized carbons (Fsp3) is 0.455. The van der Waals surface area contributed by atoms with Gasteiger partial charge in [-0.1, -0.05) is 62.9 Å². The number of nitrogens with one attached hydrogen (secondary N) is 1. The van der Waals surface area contributed by atoms with Crippen LogP contribution in [0, 0.1) is 12.8 Å². The van der Waals surface area contributed by atoms with Crippen LogP contribution in [0.4, 0.5) is 0 Å². The largest absolute Gasteiger partial charge is 0.445 e. The van der Waals surface area contributed by atoms with E-state index in [1.165, 1.54) is 32.1 Å². The highest BCUT2D eigenvalue weighted by Gasteiger charge is 2.35. The molecule has 1 aliphatic carbocycles. The van der Waals surface area contributed by atoms with Crippen LogP contribution in [0.3, 0.4) is 0 Å². The number of rotatable bonds is 3. The molecule has 4 nitrogen and oxygen atoms in total. The van der Waals surface area contributed by atoms with E-state index in [9.17, 15) is 4.79 Å². The van der Waals surface area contributed by atoms with Gasteiger partial charge >= 0.3 is 0 Å². The van der Waals surface area contributed by atoms with Crippen LogP contribution in [-0.2, 0) is 5.41 Å². The molecular weight excluding hydrogens is 324 g/mol. The molecular formula is C22H26N2O2. The summed E-state index contributed by atoms with van der Waals surface area (Å²) in [6.07, 6.45) is 7.88. The number of H-pyrrole nitrogens is 1. The number of fused-ring (bicyclic) bond motifs is 1. The van der Waals surface area contributed by atoms with Crippen molar-refractivity contribution in [2.75, 3.05) is 0 Å². The molecule has 0 saturated heterocycles. The molecule has 1 fully saturated rings. The van der Waals surface area contributed by atoms with E-state index in [4.69, 9.17) is 9.40 Å². The average molecular weight is 350 g/mol. The second-order valence-electron chi connectivity index (χ2n) is 8.17. The number of nitrogens with zero attached hydrogens (tertiary/aromatic N) is 1. The van der Waals surface area contributed by atoms with Gasteiger partial charge in [-0.3, -0.25) is 4.79 Å². The molecule has 1 aromatic carbocycles. The van der Waals surface area contributed by atoms with Crippen LogP contribution in [0.25, 0.3) is 22.2 Å². The Morgan fingerprint density at radius 2 is 1.96 bits per heavy atom. The lowest BCUT2D eigenvalue weighted by Crippen LogP contribution is -2.34. The van der Waals surface area contributed by atoms with Crippen molar-refractivity contribution < 1.29 is 4.42 Å². The summed E-state index contributed by atoms with van der Waals surface area (Å²) in [6, 6.07) is 8.09. The first-order valence-corrected chi connectivity index (χ1v) is 9.56. The summed E-state index contributed by atoms with van der Waals surface area (Å²) < 4.78 is 5.72. The Morgan fingerprint density at radius 1 is 1.19 bits per heavy atom. The Labute approximate surface area is 153 Å². The van der Waals surface area contributed by atoms with Crippen molar-refractivity contribution in [1.82, 2.24) is 9.97 Å². The van der Waals surface area contributed by atoms with Gasteiger partial charge in [-0.25, -0.2) is 0 Å². The summed E-state index contributed by atoms with van der Waals surface area (Å²) in [6.45, 7) is 6.42. The topological polar surface area (TPSA) is 58.9 Å². The molecule has 4 heteroatoms. The molecule has 3 aromatic rings. The third-order valence-electron chi connectivity index (χ3n) is 6.01. The molecule has 0 aliphatic heterocycles. The molecule has 136 valence electrons. The van der Waals surface area contributed by atoms with Crippen LogP contribution in [0.2, 0.25) is 0 Å². The first-order chi connectivity index (χ1) is 12.5. The second-order valence-corrected chi connectivity index (χ2v) is 8.17. The van der Waals surface area contributed by atoms with Crippen LogP contribution in [0.15, 0.2) is 39.7 Å². The Morgan fingerprint density at radius 3 is 2.69 bits per heavy atom. The smallest absolute Gasteiger partial charge is 0.262 e. The third-order valence-corrected chi connectivity index (χ3v) is 6.01. The number of hydrogen-bond donors (Lipinski definition) is 1. The molecule has 2 aromatic heterocycles. The van der Waals surface area contributed by atoms with E-state index in [0.717, 1.165) is 22.5 Å². The van der Waals surface area contributed by atoms with Crippen molar-refractivity contribution in [2.24, 2.45) is 5.92 Å². The van der Waals surface area contributed by atoms with Crippen LogP contribution < -0.4 is 5.56 Å². The first-order valence-electron chi connectivity index (χ1n) is 9.56. The van der Waals surface area contributed by atoms with Crippen molar-refractivity contribution in [1.29, 1.82) is 0 Å². The normalized spacial score (nSPS) is 16.3. The van der Waals surface area contributed by atoms with Gasteiger partial charge in [0.05, 0.1) is 0 Å². The predicted molar refractivity (Wildman–Crippen MR) is 104 cm³/mol. The first kappa shape index (κ1) is 17.1. The second kappa shape index (κ2) is 6.42. The molecule has 26 heavy (non-hydrogen) atoms. The molecule has 1 saturated carbocycles. The minimum atomic E-state index is -0.163. The average Bonchev–Trinajstić information content (AvgIpc) is 3.07. The molecule has 1 N–H and O–H groups in total. The maximum atomic E-state index is 12.9. The van der Waals surface area contributed by atoms with Crippen LogP contribution in [-0.4, -0.2) is 9.97 Å². The zero-order chi connectivity index (χ0) is 18.3. The van der Waals surface area contributed by atoms with E-state index >= 15 is 0 Å². The van der Waals surface area contributed by atoms with Crippen LogP contribution in [0.5, 0.6) is 0 Å². The summed E-state index contributed by atoms with van der Waals surface area (Å²) >= 11 is 0. The fourth-order valence-electron chi connectivity index (χ4n) is 4.30. The Balaban J connectivity index is 1.80. The van der Waals surface area contributed by atoms with E-state index in [1.54, 1.807) is 6.26 Å². The highest BCUT2D eigenvalue weighted by molar-refractivity contribution is 5.91.